The molecule has 4 N–H and O–H groups in total. The van der Waals surface area contributed by atoms with Gasteiger partial charge in [0, 0.05) is 8.54 Å². The van der Waals surface area contributed by atoms with Gasteiger partial charge in [0.15, 0.2) is 11.5 Å². The second-order valence-electron chi connectivity index (χ2n) is 10.2. The standard InChI is InChI=1S/C29H32N2O7S.2H2/c1-3-28(16-32,17-33)31-39(35,36)23-9-5-20(6-10-23)24-15-22(8-4-19(24)2)30-27(34)29(12-13-29)21-7-11-25-26(14-21)38-18-37-25;;/h4-11,14-15,31-33H,3,12-13,16-18H2,1-2H3,(H,30,34);2*1H. The van der Waals surface area contributed by atoms with Crippen LogP contribution >= 0.6 is 0 Å². The molecule has 3 aromatic rings. The second-order valence-corrected chi connectivity index (χ2v) is 11.9. The highest BCUT2D eigenvalue weighted by Crippen LogP contribution is 2.51. The first-order valence-electron chi connectivity index (χ1n) is 12.8. The summed E-state index contributed by atoms with van der Waals surface area (Å²) in [6, 6.07) is 17.6. The fraction of sp³-hybridized carbons (Fsp3) is 0.345. The van der Waals surface area contributed by atoms with Crippen molar-refractivity contribution in [3.63, 3.8) is 0 Å². The van der Waals surface area contributed by atoms with Crippen molar-refractivity contribution in [1.82, 2.24) is 4.72 Å². The topological polar surface area (TPSA) is 134 Å². The van der Waals surface area contributed by atoms with Crippen LogP contribution in [-0.2, 0) is 20.2 Å². The summed E-state index contributed by atoms with van der Waals surface area (Å²) in [4.78, 5) is 13.4. The highest BCUT2D eigenvalue weighted by Gasteiger charge is 2.51. The van der Waals surface area contributed by atoms with E-state index in [9.17, 15) is 23.4 Å². The Kier molecular flexibility index (Phi) is 7.15. The number of fused-ring (bicyclic) bond motifs is 1. The average molecular weight is 557 g/mol. The number of hydrogen-bond acceptors (Lipinski definition) is 7. The lowest BCUT2D eigenvalue weighted by Gasteiger charge is -2.29. The molecule has 210 valence electrons. The Morgan fingerprint density at radius 1 is 1.00 bits per heavy atom. The van der Waals surface area contributed by atoms with Crippen molar-refractivity contribution in [3.05, 3.63) is 71.8 Å². The number of nitrogens with one attached hydrogen (secondary N) is 2. The number of ether oxygens (including phenoxy) is 2. The third kappa shape index (κ3) is 5.12. The van der Waals surface area contributed by atoms with Crippen LogP contribution in [0, 0.1) is 6.92 Å². The highest BCUT2D eigenvalue weighted by molar-refractivity contribution is 7.89. The van der Waals surface area contributed by atoms with Gasteiger partial charge in [-0.1, -0.05) is 31.2 Å². The minimum absolute atomic E-state index is 0. The summed E-state index contributed by atoms with van der Waals surface area (Å²) in [5.41, 5.74) is 2.20. The molecule has 1 amide bonds. The van der Waals surface area contributed by atoms with Gasteiger partial charge in [-0.3, -0.25) is 4.79 Å². The van der Waals surface area contributed by atoms with Crippen LogP contribution in [0.5, 0.6) is 11.5 Å². The Morgan fingerprint density at radius 3 is 2.33 bits per heavy atom. The number of anilines is 1. The van der Waals surface area contributed by atoms with E-state index in [1.807, 2.05) is 43.3 Å². The van der Waals surface area contributed by atoms with Gasteiger partial charge in [0.1, 0.15) is 0 Å². The fourth-order valence-electron chi connectivity index (χ4n) is 4.80. The molecule has 1 saturated carbocycles. The molecule has 9 nitrogen and oxygen atoms in total. The molecule has 1 aliphatic carbocycles. The molecule has 0 aromatic heterocycles. The van der Waals surface area contributed by atoms with Crippen LogP contribution in [0.25, 0.3) is 11.1 Å². The molecule has 0 bridgehead atoms. The molecule has 0 radical (unpaired) electrons. The molecule has 0 spiro atoms. The maximum absolute atomic E-state index is 13.4. The number of aliphatic hydroxyl groups is 2. The predicted octanol–water partition coefficient (Wildman–Crippen LogP) is 3.96. The lowest BCUT2D eigenvalue weighted by Crippen LogP contribution is -2.53. The Morgan fingerprint density at radius 2 is 1.69 bits per heavy atom. The second kappa shape index (κ2) is 10.3. The molecule has 1 heterocycles. The SMILES string of the molecule is CCC(CO)(CO)NS(=O)(=O)c1ccc(-c2cc(NC(=O)C3(c4ccc5c(c4)OCO5)CC3)ccc2C)cc1.[HH].[HH]. The first kappa shape index (κ1) is 27.1. The van der Waals surface area contributed by atoms with Crippen LogP contribution in [0.3, 0.4) is 0 Å². The number of benzene rings is 3. The van der Waals surface area contributed by atoms with Gasteiger partial charge in [-0.15, -0.1) is 0 Å². The van der Waals surface area contributed by atoms with Gasteiger partial charge in [0.2, 0.25) is 22.7 Å². The average Bonchev–Trinajstić information content (AvgIpc) is 3.63. The number of aryl methyl sites for hydroxylation is 1. The number of sulfonamides is 1. The molecule has 10 heteroatoms. The molecular formula is C29H36N2O7S. The zero-order valence-corrected chi connectivity index (χ0v) is 22.7. The largest absolute Gasteiger partial charge is 0.454 e. The molecule has 39 heavy (non-hydrogen) atoms. The maximum Gasteiger partial charge on any atom is 0.241 e. The van der Waals surface area contributed by atoms with E-state index in [2.05, 4.69) is 10.0 Å². The van der Waals surface area contributed by atoms with Gasteiger partial charge < -0.3 is 25.0 Å². The van der Waals surface area contributed by atoms with Crippen molar-refractivity contribution >= 4 is 21.6 Å². The summed E-state index contributed by atoms with van der Waals surface area (Å²) in [7, 11) is -3.97. The Labute approximate surface area is 230 Å². The zero-order chi connectivity index (χ0) is 27.8. The summed E-state index contributed by atoms with van der Waals surface area (Å²) in [5, 5.41) is 22.3. The summed E-state index contributed by atoms with van der Waals surface area (Å²) in [6.07, 6.45) is 1.71. The van der Waals surface area contributed by atoms with Crippen LogP contribution in [0.15, 0.2) is 65.6 Å². The van der Waals surface area contributed by atoms with Gasteiger partial charge in [-0.25, -0.2) is 13.1 Å². The van der Waals surface area contributed by atoms with Crippen molar-refractivity contribution in [3.8, 4) is 22.6 Å². The van der Waals surface area contributed by atoms with Gasteiger partial charge in [0.25, 0.3) is 0 Å². The van der Waals surface area contributed by atoms with Crippen LogP contribution in [0.2, 0.25) is 0 Å². The number of carbonyl (C=O) groups is 1. The highest BCUT2D eigenvalue weighted by atomic mass is 32.2. The lowest BCUT2D eigenvalue weighted by atomic mass is 9.94. The van der Waals surface area contributed by atoms with Crippen LogP contribution < -0.4 is 19.5 Å². The summed E-state index contributed by atoms with van der Waals surface area (Å²) in [6.45, 7) is 2.77. The van der Waals surface area contributed by atoms with E-state index in [1.165, 1.54) is 12.1 Å². The Bertz CT molecular complexity index is 1500. The summed E-state index contributed by atoms with van der Waals surface area (Å²) in [5.74, 6) is 1.24. The van der Waals surface area contributed by atoms with Gasteiger partial charge >= 0.3 is 0 Å². The monoisotopic (exact) mass is 556 g/mol. The van der Waals surface area contributed by atoms with Crippen molar-refractivity contribution in [2.45, 2.75) is 49.0 Å². The van der Waals surface area contributed by atoms with E-state index in [0.29, 0.717) is 17.2 Å². The number of hydrogen-bond donors (Lipinski definition) is 4. The smallest absolute Gasteiger partial charge is 0.241 e. The van der Waals surface area contributed by atoms with Crippen LogP contribution in [0.4, 0.5) is 5.69 Å². The van der Waals surface area contributed by atoms with Crippen molar-refractivity contribution in [1.29, 1.82) is 0 Å². The molecule has 3 aromatic carbocycles. The third-order valence-electron chi connectivity index (χ3n) is 7.71. The molecule has 2 aliphatic rings. The molecule has 1 fully saturated rings. The molecule has 0 saturated heterocycles. The minimum Gasteiger partial charge on any atom is -0.454 e. The Balaban J connectivity index is 0.00000231. The number of amides is 1. The summed E-state index contributed by atoms with van der Waals surface area (Å²) < 4.78 is 39.1. The van der Waals surface area contributed by atoms with Crippen molar-refractivity contribution in [2.24, 2.45) is 0 Å². The molecule has 5 rings (SSSR count). The van der Waals surface area contributed by atoms with E-state index in [1.54, 1.807) is 19.1 Å². The normalized spacial score (nSPS) is 15.7. The first-order chi connectivity index (χ1) is 18.6. The van der Waals surface area contributed by atoms with Crippen LogP contribution in [0.1, 0.15) is 40.2 Å². The van der Waals surface area contributed by atoms with Crippen LogP contribution in [-0.4, -0.2) is 50.1 Å². The van der Waals surface area contributed by atoms with E-state index in [0.717, 1.165) is 35.1 Å². The van der Waals surface area contributed by atoms with E-state index < -0.39 is 34.2 Å². The van der Waals surface area contributed by atoms with Gasteiger partial charge in [-0.05, 0) is 84.8 Å². The first-order valence-corrected chi connectivity index (χ1v) is 14.3. The molecular weight excluding hydrogens is 520 g/mol. The number of aliphatic hydroxyl groups excluding tert-OH is 2. The number of carbonyl (C=O) groups excluding carboxylic acids is 1. The van der Waals surface area contributed by atoms with Crippen molar-refractivity contribution in [2.75, 3.05) is 25.3 Å². The quantitative estimate of drug-likeness (QED) is 0.297. The molecule has 0 atom stereocenters. The lowest BCUT2D eigenvalue weighted by molar-refractivity contribution is -0.118. The fourth-order valence-corrected chi connectivity index (χ4v) is 6.25. The molecule has 1 aliphatic heterocycles. The van der Waals surface area contributed by atoms with Crippen molar-refractivity contribution < 1.29 is 35.8 Å². The van der Waals surface area contributed by atoms with E-state index in [4.69, 9.17) is 9.47 Å². The Hall–Kier alpha value is -3.44. The van der Waals surface area contributed by atoms with Gasteiger partial charge in [-0.2, -0.15) is 0 Å². The summed E-state index contributed by atoms with van der Waals surface area (Å²) >= 11 is 0. The molecule has 0 unspecified atom stereocenters. The zero-order valence-electron chi connectivity index (χ0n) is 21.9. The number of rotatable bonds is 10. The third-order valence-corrected chi connectivity index (χ3v) is 9.31. The predicted molar refractivity (Wildman–Crippen MR) is 150 cm³/mol. The maximum atomic E-state index is 13.4. The minimum atomic E-state index is -3.97. The van der Waals surface area contributed by atoms with Gasteiger partial charge in [0.05, 0.1) is 29.1 Å². The van der Waals surface area contributed by atoms with E-state index in [-0.39, 0.29) is 26.9 Å². The van der Waals surface area contributed by atoms with E-state index >= 15 is 0 Å².